The van der Waals surface area contributed by atoms with Gasteiger partial charge in [0.25, 0.3) is 0 Å². The van der Waals surface area contributed by atoms with Gasteiger partial charge in [-0.1, -0.05) is 0 Å². The van der Waals surface area contributed by atoms with Crippen LogP contribution in [0, 0.1) is 0 Å². The Morgan fingerprint density at radius 2 is 0.600 bits per heavy atom. The summed E-state index contributed by atoms with van der Waals surface area (Å²) in [5.41, 5.74) is 11.2. The van der Waals surface area contributed by atoms with Crippen LogP contribution in [0.15, 0.2) is 95.6 Å². The van der Waals surface area contributed by atoms with Crippen molar-refractivity contribution < 1.29 is 16.2 Å². The maximum atomic E-state index is 5.65. The first kappa shape index (κ1) is 36.5. The van der Waals surface area contributed by atoms with E-state index in [2.05, 4.69) is 138 Å². The predicted molar refractivity (Wildman–Crippen MR) is 192 cm³/mol. The van der Waals surface area contributed by atoms with Crippen LogP contribution in [0.25, 0.3) is 0 Å². The maximum absolute atomic E-state index is 5.65. The molecule has 45 heavy (non-hydrogen) atoms. The van der Waals surface area contributed by atoms with Crippen molar-refractivity contribution in [2.24, 2.45) is 10.7 Å². The Hall–Kier alpha value is -2.93. The van der Waals surface area contributed by atoms with E-state index in [1.165, 1.54) is 33.4 Å². The summed E-state index contributed by atoms with van der Waals surface area (Å²) in [6, 6.07) is 30.1. The Labute approximate surface area is 279 Å². The summed E-state index contributed by atoms with van der Waals surface area (Å²) in [6.07, 6.45) is 0. The van der Waals surface area contributed by atoms with Gasteiger partial charge in [-0.25, -0.2) is 12.1 Å². The van der Waals surface area contributed by atoms with Crippen molar-refractivity contribution in [3.05, 3.63) is 118 Å². The summed E-state index contributed by atoms with van der Waals surface area (Å²) in [5.74, 6) is 2.27. The summed E-state index contributed by atoms with van der Waals surface area (Å²) < 4.78 is 16.9. The Morgan fingerprint density at radius 3 is 0.756 bits per heavy atom. The van der Waals surface area contributed by atoms with Gasteiger partial charge in [-0.2, -0.15) is 18.2 Å². The Morgan fingerprint density at radius 1 is 0.378 bits per heavy atom. The summed E-state index contributed by atoms with van der Waals surface area (Å²) in [6.45, 7) is 27.2. The molecule has 0 heterocycles. The third kappa shape index (κ3) is 9.78. The van der Waals surface area contributed by atoms with E-state index in [1.807, 2.05) is 30.3 Å². The van der Waals surface area contributed by atoms with Gasteiger partial charge in [0.05, 0.1) is 0 Å². The van der Waals surface area contributed by atoms with Crippen LogP contribution in [0.5, 0.6) is 0 Å². The molecule has 0 saturated carbocycles. The van der Waals surface area contributed by atoms with Crippen LogP contribution in [0.3, 0.4) is 0 Å². The molecule has 0 spiro atoms. The predicted octanol–water partition coefficient (Wildman–Crippen LogP) is 14.3. The van der Waals surface area contributed by atoms with E-state index in [1.54, 1.807) is 0 Å². The fourth-order valence-electron chi connectivity index (χ4n) is 5.43. The van der Waals surface area contributed by atoms with E-state index in [0.717, 1.165) is 17.1 Å². The second-order valence-electron chi connectivity index (χ2n) is 13.7. The van der Waals surface area contributed by atoms with Gasteiger partial charge in [-0.15, -0.1) is 0 Å². The number of benzene rings is 3. The number of hydrogen-bond donors (Lipinski definition) is 0. The summed E-state index contributed by atoms with van der Waals surface area (Å²) in [5, 5.41) is 0. The topological polar surface area (TPSA) is 37.1 Å². The molecule has 0 amide bonds. The molecular weight excluding hydrogens is 721 g/mol. The molecule has 0 bridgehead atoms. The van der Waals surface area contributed by atoms with Crippen LogP contribution in [0.1, 0.15) is 152 Å². The van der Waals surface area contributed by atoms with Gasteiger partial charge in [0, 0.05) is 0 Å². The first-order valence-corrected chi connectivity index (χ1v) is 20.4. The van der Waals surface area contributed by atoms with Crippen molar-refractivity contribution in [2.75, 3.05) is 0 Å². The average molecular weight is 777 g/mol. The van der Waals surface area contributed by atoms with Crippen molar-refractivity contribution in [3.8, 4) is 0 Å². The standard InChI is InChI=1S/3C12H17N.C5H5.Re/c3*1-8(2)10-6-5-7-11(9(3)4)12(10)13;1-2-4-5-3-1;/h3*5-9H,1-4H3;1-5H;/q;;;-1;. The van der Waals surface area contributed by atoms with Crippen molar-refractivity contribution in [3.63, 3.8) is 0 Å². The number of nitrogens with zero attached hydrogens (tertiary/aromatic N) is 3. The van der Waals surface area contributed by atoms with E-state index in [9.17, 15) is 0 Å². The van der Waals surface area contributed by atoms with Gasteiger partial charge in [-0.3, -0.25) is 0 Å². The summed E-state index contributed by atoms with van der Waals surface area (Å²) in [4.78, 5) is 0. The number of rotatable bonds is 9. The molecule has 243 valence electrons. The molecule has 0 aliphatic rings. The molecule has 4 aromatic rings. The summed E-state index contributed by atoms with van der Waals surface area (Å²) in [7, 11) is 0. The molecule has 0 N–H and O–H groups in total. The van der Waals surface area contributed by atoms with E-state index < -0.39 is 16.2 Å². The Bertz CT molecular complexity index is 1390. The molecule has 4 aromatic carbocycles. The zero-order chi connectivity index (χ0) is 33.3. The minimum Gasteiger partial charge on any atom is -0.214 e. The van der Waals surface area contributed by atoms with Crippen molar-refractivity contribution in [2.45, 2.75) is 119 Å². The Balaban J connectivity index is 0.00000100. The third-order valence-corrected chi connectivity index (χ3v) is 11.5. The van der Waals surface area contributed by atoms with E-state index >= 15 is 0 Å². The van der Waals surface area contributed by atoms with Crippen LogP contribution in [-0.2, 0) is 16.2 Å². The van der Waals surface area contributed by atoms with Crippen molar-refractivity contribution in [1.29, 1.82) is 0 Å². The first-order valence-electron chi connectivity index (χ1n) is 16.7. The molecule has 4 heteroatoms. The second-order valence-corrected chi connectivity index (χ2v) is 17.2. The quantitative estimate of drug-likeness (QED) is 0.152. The SMILES string of the molecule is CC(C)c1cccc(C(C)C)c1[N]=[Re](=[N]c1c(C(C)C)cccc1C(C)C)=[N]c1c(C(C)C)cccc1C(C)C.c1cc[cH-]c1. The van der Waals surface area contributed by atoms with Crippen LogP contribution in [0.2, 0.25) is 0 Å². The largest absolute Gasteiger partial charge is 0.214 e. The van der Waals surface area contributed by atoms with Crippen LogP contribution in [0.4, 0.5) is 17.1 Å². The fraction of sp³-hybridized carbons (Fsp3) is 0.439. The molecule has 3 nitrogen and oxygen atoms in total. The molecule has 0 aliphatic heterocycles. The molecule has 0 radical (unpaired) electrons. The normalized spacial score (nSPS) is 11.4. The first-order chi connectivity index (χ1) is 21.3. The van der Waals surface area contributed by atoms with Gasteiger partial charge in [0.1, 0.15) is 0 Å². The van der Waals surface area contributed by atoms with Gasteiger partial charge < -0.3 is 0 Å². The van der Waals surface area contributed by atoms with Gasteiger partial charge >= 0.3 is 251 Å². The molecule has 4 rings (SSSR count). The zero-order valence-corrected chi connectivity index (χ0v) is 32.5. The zero-order valence-electron chi connectivity index (χ0n) is 29.8. The van der Waals surface area contributed by atoms with Crippen molar-refractivity contribution in [1.82, 2.24) is 0 Å². The van der Waals surface area contributed by atoms with Gasteiger partial charge in [-0.05, 0) is 0 Å². The molecule has 0 aromatic heterocycles. The number of hydrogen-bond acceptors (Lipinski definition) is 3. The minimum absolute atomic E-state index is 0.378. The molecule has 0 fully saturated rings. The molecule has 0 aliphatic carbocycles. The monoisotopic (exact) mass is 777 g/mol. The van der Waals surface area contributed by atoms with Crippen LogP contribution >= 0.6 is 0 Å². The fourth-order valence-corrected chi connectivity index (χ4v) is 9.57. The van der Waals surface area contributed by atoms with Gasteiger partial charge in [0.2, 0.25) is 0 Å². The average Bonchev–Trinajstić information content (AvgIpc) is 3.57. The van der Waals surface area contributed by atoms with Crippen LogP contribution in [-0.4, -0.2) is 0 Å². The Kier molecular flexibility index (Phi) is 13.9. The van der Waals surface area contributed by atoms with Gasteiger partial charge in [0.15, 0.2) is 0 Å². The van der Waals surface area contributed by atoms with Crippen molar-refractivity contribution >= 4 is 17.1 Å². The van der Waals surface area contributed by atoms with E-state index in [0.29, 0.717) is 35.5 Å². The van der Waals surface area contributed by atoms with Crippen LogP contribution < -0.4 is 0 Å². The smallest absolute Gasteiger partial charge is 0.172 e. The third-order valence-electron chi connectivity index (χ3n) is 8.06. The second kappa shape index (κ2) is 17.1. The van der Waals surface area contributed by atoms with E-state index in [-0.39, 0.29) is 0 Å². The van der Waals surface area contributed by atoms with E-state index in [4.69, 9.17) is 10.7 Å². The molecule has 0 atom stereocenters. The molecular formula is C41H56N3Re-. The summed E-state index contributed by atoms with van der Waals surface area (Å²) >= 11 is -3.08. The minimum atomic E-state index is -3.08. The molecule has 0 unspecified atom stereocenters. The molecule has 0 saturated heterocycles. The maximum Gasteiger partial charge on any atom is -0.172 e.